The van der Waals surface area contributed by atoms with Gasteiger partial charge in [0.2, 0.25) is 0 Å². The molecular weight excluding hydrogens is 275 g/mol. The van der Waals surface area contributed by atoms with Gasteiger partial charge in [0.25, 0.3) is 0 Å². The molecule has 1 aliphatic rings. The zero-order chi connectivity index (χ0) is 14.8. The Morgan fingerprint density at radius 2 is 2.15 bits per heavy atom. The smallest absolute Gasteiger partial charge is 0.123 e. The van der Waals surface area contributed by atoms with Gasteiger partial charge in [0.1, 0.15) is 5.82 Å². The van der Waals surface area contributed by atoms with Crippen molar-refractivity contribution >= 4 is 11.6 Å². The number of nitrogens with one attached hydrogen (secondary N) is 1. The lowest BCUT2D eigenvalue weighted by Crippen LogP contribution is -2.46. The first kappa shape index (κ1) is 15.7. The minimum absolute atomic E-state index is 0.217. The normalized spacial score (nSPS) is 21.8. The Hall–Kier alpha value is -0.640. The molecule has 1 heterocycles. The van der Waals surface area contributed by atoms with Crippen LogP contribution in [0.2, 0.25) is 5.02 Å². The van der Waals surface area contributed by atoms with E-state index in [0.717, 1.165) is 31.6 Å². The average molecular weight is 299 g/mol. The topological polar surface area (TPSA) is 15.3 Å². The third-order valence-electron chi connectivity index (χ3n) is 3.93. The number of rotatable bonds is 2. The predicted molar refractivity (Wildman–Crippen MR) is 82.5 cm³/mol. The second-order valence-electron chi connectivity index (χ2n) is 6.70. The minimum atomic E-state index is -0.218. The summed E-state index contributed by atoms with van der Waals surface area (Å²) in [6.45, 7) is 10.5. The number of halogens is 2. The molecule has 0 aromatic heterocycles. The molecular formula is C16H24ClFN2. The van der Waals surface area contributed by atoms with E-state index in [-0.39, 0.29) is 11.2 Å². The molecule has 1 aromatic rings. The molecule has 1 N–H and O–H groups in total. The van der Waals surface area contributed by atoms with Crippen LogP contribution in [0.4, 0.5) is 4.39 Å². The van der Waals surface area contributed by atoms with Gasteiger partial charge in [0, 0.05) is 24.2 Å². The molecule has 0 amide bonds. The SMILES string of the molecule is CC(C)(C)C1CN(Cc2cc(F)ccc2Cl)CCCN1. The standard InChI is InChI=1S/C16H24ClFN2/c1-16(2,3)15-11-20(8-4-7-19-15)10-12-9-13(18)5-6-14(12)17/h5-6,9,15,19H,4,7-8,10-11H2,1-3H3. The van der Waals surface area contributed by atoms with Crippen molar-refractivity contribution in [3.63, 3.8) is 0 Å². The second-order valence-corrected chi connectivity index (χ2v) is 7.10. The first-order chi connectivity index (χ1) is 9.36. The van der Waals surface area contributed by atoms with Gasteiger partial charge in [-0.1, -0.05) is 32.4 Å². The highest BCUT2D eigenvalue weighted by Crippen LogP contribution is 2.24. The molecule has 1 atom stereocenters. The molecule has 0 spiro atoms. The maximum absolute atomic E-state index is 13.4. The van der Waals surface area contributed by atoms with Gasteiger partial charge in [0.15, 0.2) is 0 Å². The lowest BCUT2D eigenvalue weighted by Gasteiger charge is -2.33. The molecule has 0 saturated carbocycles. The molecule has 1 unspecified atom stereocenters. The summed E-state index contributed by atoms with van der Waals surface area (Å²) in [5, 5.41) is 4.26. The Balaban J connectivity index is 2.09. The fraction of sp³-hybridized carbons (Fsp3) is 0.625. The highest BCUT2D eigenvalue weighted by atomic mass is 35.5. The van der Waals surface area contributed by atoms with Crippen molar-refractivity contribution in [1.29, 1.82) is 0 Å². The van der Waals surface area contributed by atoms with Crippen LogP contribution in [0.3, 0.4) is 0 Å². The molecule has 0 radical (unpaired) electrons. The first-order valence-corrected chi connectivity index (χ1v) is 7.64. The van der Waals surface area contributed by atoms with E-state index >= 15 is 0 Å². The summed E-state index contributed by atoms with van der Waals surface area (Å²) in [4.78, 5) is 2.37. The molecule has 20 heavy (non-hydrogen) atoms. The Morgan fingerprint density at radius 1 is 1.40 bits per heavy atom. The monoisotopic (exact) mass is 298 g/mol. The van der Waals surface area contributed by atoms with Gasteiger partial charge in [-0.2, -0.15) is 0 Å². The van der Waals surface area contributed by atoms with Gasteiger partial charge >= 0.3 is 0 Å². The Morgan fingerprint density at radius 3 is 2.85 bits per heavy atom. The van der Waals surface area contributed by atoms with Gasteiger partial charge in [-0.25, -0.2) is 4.39 Å². The number of nitrogens with zero attached hydrogens (tertiary/aromatic N) is 1. The lowest BCUT2D eigenvalue weighted by molar-refractivity contribution is 0.192. The molecule has 2 nitrogen and oxygen atoms in total. The lowest BCUT2D eigenvalue weighted by atomic mass is 9.86. The van der Waals surface area contributed by atoms with E-state index in [9.17, 15) is 4.39 Å². The molecule has 0 bridgehead atoms. The average Bonchev–Trinajstić information content (AvgIpc) is 2.59. The zero-order valence-corrected chi connectivity index (χ0v) is 13.3. The zero-order valence-electron chi connectivity index (χ0n) is 12.5. The molecule has 0 aliphatic carbocycles. The van der Waals surface area contributed by atoms with E-state index in [1.165, 1.54) is 6.07 Å². The maximum atomic E-state index is 13.4. The van der Waals surface area contributed by atoms with E-state index < -0.39 is 0 Å². The van der Waals surface area contributed by atoms with Crippen LogP contribution >= 0.6 is 11.6 Å². The highest BCUT2D eigenvalue weighted by Gasteiger charge is 2.28. The summed E-state index contributed by atoms with van der Waals surface area (Å²) in [7, 11) is 0. The third-order valence-corrected chi connectivity index (χ3v) is 4.30. The van der Waals surface area contributed by atoms with Gasteiger partial charge in [-0.3, -0.25) is 4.90 Å². The number of hydrogen-bond acceptors (Lipinski definition) is 2. The van der Waals surface area contributed by atoms with Crippen molar-refractivity contribution < 1.29 is 4.39 Å². The summed E-state index contributed by atoms with van der Waals surface area (Å²) in [6.07, 6.45) is 1.11. The first-order valence-electron chi connectivity index (χ1n) is 7.26. The molecule has 1 aliphatic heterocycles. The van der Waals surface area contributed by atoms with Gasteiger partial charge < -0.3 is 5.32 Å². The van der Waals surface area contributed by atoms with Crippen molar-refractivity contribution in [3.8, 4) is 0 Å². The quantitative estimate of drug-likeness (QED) is 0.896. The van der Waals surface area contributed by atoms with Crippen molar-refractivity contribution in [2.24, 2.45) is 5.41 Å². The molecule has 1 fully saturated rings. The van der Waals surface area contributed by atoms with Crippen LogP contribution in [0.15, 0.2) is 18.2 Å². The number of hydrogen-bond donors (Lipinski definition) is 1. The van der Waals surface area contributed by atoms with E-state index in [4.69, 9.17) is 11.6 Å². The van der Waals surface area contributed by atoms with Crippen LogP contribution in [0.1, 0.15) is 32.8 Å². The Labute approximate surface area is 126 Å². The van der Waals surface area contributed by atoms with E-state index in [2.05, 4.69) is 31.0 Å². The summed E-state index contributed by atoms with van der Waals surface area (Å²) in [5.41, 5.74) is 1.09. The summed E-state index contributed by atoms with van der Waals surface area (Å²) in [5.74, 6) is -0.218. The summed E-state index contributed by atoms with van der Waals surface area (Å²) < 4.78 is 13.4. The van der Waals surface area contributed by atoms with Crippen LogP contribution in [0.5, 0.6) is 0 Å². The van der Waals surface area contributed by atoms with Crippen molar-refractivity contribution in [3.05, 3.63) is 34.6 Å². The van der Waals surface area contributed by atoms with E-state index in [1.807, 2.05) is 0 Å². The fourth-order valence-electron chi connectivity index (χ4n) is 2.62. The Kier molecular flexibility index (Phi) is 5.05. The van der Waals surface area contributed by atoms with Gasteiger partial charge in [-0.05, 0) is 48.7 Å². The minimum Gasteiger partial charge on any atom is -0.312 e. The van der Waals surface area contributed by atoms with Crippen molar-refractivity contribution in [1.82, 2.24) is 10.2 Å². The van der Waals surface area contributed by atoms with Crippen LogP contribution < -0.4 is 5.32 Å². The Bertz CT molecular complexity index is 456. The summed E-state index contributed by atoms with van der Waals surface area (Å²) >= 11 is 6.17. The second kappa shape index (κ2) is 6.42. The van der Waals surface area contributed by atoms with Crippen LogP contribution in [-0.2, 0) is 6.54 Å². The highest BCUT2D eigenvalue weighted by molar-refractivity contribution is 6.31. The molecule has 2 rings (SSSR count). The third kappa shape index (κ3) is 4.18. The molecule has 112 valence electrons. The van der Waals surface area contributed by atoms with Crippen molar-refractivity contribution in [2.75, 3.05) is 19.6 Å². The fourth-order valence-corrected chi connectivity index (χ4v) is 2.80. The predicted octanol–water partition coefficient (Wildman–Crippen LogP) is 3.69. The number of benzene rings is 1. The van der Waals surface area contributed by atoms with Crippen LogP contribution in [-0.4, -0.2) is 30.6 Å². The molecule has 4 heteroatoms. The molecule has 1 saturated heterocycles. The van der Waals surface area contributed by atoms with Gasteiger partial charge in [0.05, 0.1) is 0 Å². The van der Waals surface area contributed by atoms with E-state index in [1.54, 1.807) is 12.1 Å². The largest absolute Gasteiger partial charge is 0.312 e. The van der Waals surface area contributed by atoms with Crippen LogP contribution in [0.25, 0.3) is 0 Å². The maximum Gasteiger partial charge on any atom is 0.123 e. The van der Waals surface area contributed by atoms with Crippen molar-refractivity contribution in [2.45, 2.75) is 39.8 Å². The van der Waals surface area contributed by atoms with Crippen LogP contribution in [0, 0.1) is 11.2 Å². The van der Waals surface area contributed by atoms with E-state index in [0.29, 0.717) is 17.6 Å². The van der Waals surface area contributed by atoms with Gasteiger partial charge in [-0.15, -0.1) is 0 Å². The molecule has 1 aromatic carbocycles. The summed E-state index contributed by atoms with van der Waals surface area (Å²) in [6, 6.07) is 5.04.